The molecule has 4 rings (SSSR count). The van der Waals surface area contributed by atoms with E-state index in [9.17, 15) is 9.59 Å². The number of carbonyl (C=O) groups is 2. The predicted molar refractivity (Wildman–Crippen MR) is 100 cm³/mol. The topological polar surface area (TPSA) is 85.0 Å². The van der Waals surface area contributed by atoms with E-state index in [0.717, 1.165) is 25.7 Å². The molecule has 1 saturated heterocycles. The normalized spacial score (nSPS) is 18.8. The summed E-state index contributed by atoms with van der Waals surface area (Å²) in [6.07, 6.45) is 13.8. The van der Waals surface area contributed by atoms with E-state index in [1.807, 2.05) is 30.3 Å². The Kier molecular flexibility index (Phi) is 4.96. The van der Waals surface area contributed by atoms with Crippen LogP contribution in [-0.2, 0) is 16.6 Å². The minimum Gasteiger partial charge on any atom is -0.334 e. The largest absolute Gasteiger partial charge is 0.334 e. The Morgan fingerprint density at radius 2 is 1.78 bits per heavy atom. The first-order chi connectivity index (χ1) is 13.1. The first-order valence-electron chi connectivity index (χ1n) is 9.73. The van der Waals surface area contributed by atoms with Crippen molar-refractivity contribution >= 4 is 17.5 Å². The second-order valence-corrected chi connectivity index (χ2v) is 7.62. The summed E-state index contributed by atoms with van der Waals surface area (Å²) in [5.41, 5.74) is 1.79. The van der Waals surface area contributed by atoms with Gasteiger partial charge >= 0.3 is 11.8 Å². The molecule has 2 amide bonds. The molecule has 2 fully saturated rings. The Balaban J connectivity index is 1.30. The van der Waals surface area contributed by atoms with Crippen LogP contribution in [0.5, 0.6) is 0 Å². The summed E-state index contributed by atoms with van der Waals surface area (Å²) >= 11 is 0. The van der Waals surface area contributed by atoms with Crippen molar-refractivity contribution in [2.45, 2.75) is 50.5 Å². The van der Waals surface area contributed by atoms with E-state index >= 15 is 0 Å². The van der Waals surface area contributed by atoms with Crippen LogP contribution in [0.25, 0.3) is 0 Å². The lowest BCUT2D eigenvalue weighted by Crippen LogP contribution is -2.43. The lowest BCUT2D eigenvalue weighted by Gasteiger charge is -2.31. The van der Waals surface area contributed by atoms with Gasteiger partial charge in [0.15, 0.2) is 0 Å². The summed E-state index contributed by atoms with van der Waals surface area (Å²) in [5, 5.41) is 11.3. The van der Waals surface area contributed by atoms with Crippen molar-refractivity contribution in [1.82, 2.24) is 24.5 Å². The maximum absolute atomic E-state index is 12.5. The zero-order chi connectivity index (χ0) is 18.8. The van der Waals surface area contributed by atoms with Gasteiger partial charge < -0.3 is 10.2 Å². The van der Waals surface area contributed by atoms with Crippen LogP contribution in [0, 0.1) is 0 Å². The molecule has 2 aromatic rings. The lowest BCUT2D eigenvalue weighted by molar-refractivity contribution is -0.143. The van der Waals surface area contributed by atoms with Crippen LogP contribution in [0.4, 0.5) is 5.69 Å². The van der Waals surface area contributed by atoms with Crippen LogP contribution < -0.4 is 5.32 Å². The fourth-order valence-electron chi connectivity index (χ4n) is 4.17. The molecule has 2 aromatic heterocycles. The average molecular weight is 370 g/mol. The zero-order valence-corrected chi connectivity index (χ0v) is 15.7. The van der Waals surface area contributed by atoms with Gasteiger partial charge in [0, 0.05) is 32.5 Å². The molecule has 1 aliphatic heterocycles. The van der Waals surface area contributed by atoms with E-state index in [-0.39, 0.29) is 0 Å². The van der Waals surface area contributed by atoms with Gasteiger partial charge in [0.05, 0.1) is 24.1 Å². The monoisotopic (exact) mass is 370 g/mol. The number of aryl methyl sites for hydroxylation is 1. The Bertz CT molecular complexity index is 812. The molecule has 0 bridgehead atoms. The molecule has 27 heavy (non-hydrogen) atoms. The minimum absolute atomic E-state index is 0.399. The first kappa shape index (κ1) is 17.8. The van der Waals surface area contributed by atoms with Crippen LogP contribution in [-0.4, -0.2) is 49.4 Å². The Hall–Kier alpha value is -2.64. The molecule has 0 atom stereocenters. The smallest absolute Gasteiger partial charge is 0.313 e. The number of amides is 2. The average Bonchev–Trinajstić information content (AvgIpc) is 3.42. The Labute approximate surface area is 158 Å². The Morgan fingerprint density at radius 1 is 1.04 bits per heavy atom. The minimum atomic E-state index is -0.583. The number of rotatable bonds is 3. The SMILES string of the molecule is Cn1cc(C2CCN(C(=O)C(=O)Nc3cnn(C4CCCC4)c3)CC2)cn1. The maximum atomic E-state index is 12.5. The van der Waals surface area contributed by atoms with Crippen molar-refractivity contribution in [1.29, 1.82) is 0 Å². The van der Waals surface area contributed by atoms with E-state index < -0.39 is 11.8 Å². The number of aromatic nitrogens is 4. The van der Waals surface area contributed by atoms with Crippen LogP contribution in [0.2, 0.25) is 0 Å². The number of likely N-dealkylation sites (tertiary alicyclic amines) is 1. The van der Waals surface area contributed by atoms with Crippen molar-refractivity contribution in [2.24, 2.45) is 7.05 Å². The third-order valence-electron chi connectivity index (χ3n) is 5.73. The van der Waals surface area contributed by atoms with Gasteiger partial charge in [0.2, 0.25) is 0 Å². The van der Waals surface area contributed by atoms with Gasteiger partial charge in [0.1, 0.15) is 0 Å². The lowest BCUT2D eigenvalue weighted by atomic mass is 9.91. The van der Waals surface area contributed by atoms with E-state index in [1.165, 1.54) is 18.4 Å². The summed E-state index contributed by atoms with van der Waals surface area (Å²) in [5.74, 6) is -0.649. The maximum Gasteiger partial charge on any atom is 0.313 e. The fourth-order valence-corrected chi connectivity index (χ4v) is 4.17. The number of nitrogens with one attached hydrogen (secondary N) is 1. The van der Waals surface area contributed by atoms with Crippen molar-refractivity contribution < 1.29 is 9.59 Å². The van der Waals surface area contributed by atoms with Crippen LogP contribution in [0.15, 0.2) is 24.8 Å². The first-order valence-corrected chi connectivity index (χ1v) is 9.73. The third kappa shape index (κ3) is 3.89. The summed E-state index contributed by atoms with van der Waals surface area (Å²) in [6.45, 7) is 1.18. The highest BCUT2D eigenvalue weighted by atomic mass is 16.2. The van der Waals surface area contributed by atoms with E-state index in [1.54, 1.807) is 15.8 Å². The molecule has 1 saturated carbocycles. The van der Waals surface area contributed by atoms with Crippen LogP contribution in [0.3, 0.4) is 0 Å². The standard InChI is InChI=1S/C19H26N6O2/c1-23-12-15(10-20-23)14-6-8-24(9-7-14)19(27)18(26)22-16-11-21-25(13-16)17-4-2-3-5-17/h10-14,17H,2-9H2,1H3,(H,22,26). The molecule has 0 radical (unpaired) electrons. The highest BCUT2D eigenvalue weighted by molar-refractivity contribution is 6.39. The molecule has 8 heteroatoms. The van der Waals surface area contributed by atoms with Gasteiger partial charge in [-0.25, -0.2) is 0 Å². The number of anilines is 1. The number of nitrogens with zero attached hydrogens (tertiary/aromatic N) is 5. The molecule has 2 aliphatic rings. The van der Waals surface area contributed by atoms with E-state index in [4.69, 9.17) is 0 Å². The molecular formula is C19H26N6O2. The van der Waals surface area contributed by atoms with E-state index in [0.29, 0.717) is 30.7 Å². The number of hydrogen-bond donors (Lipinski definition) is 1. The second kappa shape index (κ2) is 7.54. The van der Waals surface area contributed by atoms with Crippen molar-refractivity contribution in [3.8, 4) is 0 Å². The van der Waals surface area contributed by atoms with Crippen LogP contribution >= 0.6 is 0 Å². The fraction of sp³-hybridized carbons (Fsp3) is 0.579. The molecule has 0 spiro atoms. The molecular weight excluding hydrogens is 344 g/mol. The number of hydrogen-bond acceptors (Lipinski definition) is 4. The van der Waals surface area contributed by atoms with E-state index in [2.05, 4.69) is 15.5 Å². The van der Waals surface area contributed by atoms with Gasteiger partial charge in [-0.15, -0.1) is 0 Å². The molecule has 3 heterocycles. The second-order valence-electron chi connectivity index (χ2n) is 7.62. The number of carbonyl (C=O) groups excluding carboxylic acids is 2. The van der Waals surface area contributed by atoms with Gasteiger partial charge in [-0.3, -0.25) is 19.0 Å². The van der Waals surface area contributed by atoms with Gasteiger partial charge in [-0.2, -0.15) is 10.2 Å². The molecule has 0 aromatic carbocycles. The molecule has 1 aliphatic carbocycles. The molecule has 144 valence electrons. The van der Waals surface area contributed by atoms with Crippen molar-refractivity contribution in [3.63, 3.8) is 0 Å². The summed E-state index contributed by atoms with van der Waals surface area (Å²) in [7, 11) is 1.90. The predicted octanol–water partition coefficient (Wildman–Crippen LogP) is 2.08. The van der Waals surface area contributed by atoms with Crippen molar-refractivity contribution in [3.05, 3.63) is 30.4 Å². The zero-order valence-electron chi connectivity index (χ0n) is 15.7. The van der Waals surface area contributed by atoms with Crippen LogP contribution in [0.1, 0.15) is 56.0 Å². The Morgan fingerprint density at radius 3 is 2.44 bits per heavy atom. The molecule has 8 nitrogen and oxygen atoms in total. The highest BCUT2D eigenvalue weighted by Gasteiger charge is 2.28. The molecule has 0 unspecified atom stereocenters. The third-order valence-corrected chi connectivity index (χ3v) is 5.73. The summed E-state index contributed by atoms with van der Waals surface area (Å²) in [6, 6.07) is 0.415. The van der Waals surface area contributed by atoms with Gasteiger partial charge in [0.25, 0.3) is 0 Å². The summed E-state index contributed by atoms with van der Waals surface area (Å²) in [4.78, 5) is 26.5. The summed E-state index contributed by atoms with van der Waals surface area (Å²) < 4.78 is 3.71. The quantitative estimate of drug-likeness (QED) is 0.838. The highest BCUT2D eigenvalue weighted by Crippen LogP contribution is 2.30. The van der Waals surface area contributed by atoms with Gasteiger partial charge in [-0.05, 0) is 37.2 Å². The van der Waals surface area contributed by atoms with Crippen molar-refractivity contribution in [2.75, 3.05) is 18.4 Å². The van der Waals surface area contributed by atoms with Gasteiger partial charge in [-0.1, -0.05) is 12.8 Å². The molecule has 1 N–H and O–H groups in total. The number of piperidine rings is 1.